The minimum absolute atomic E-state index is 0.993. The molecule has 0 unspecified atom stereocenters. The minimum atomic E-state index is 0.993. The lowest BCUT2D eigenvalue weighted by molar-refractivity contribution is 0.125. The van der Waals surface area contributed by atoms with E-state index >= 15 is 0 Å². The van der Waals surface area contributed by atoms with Gasteiger partial charge in [-0.3, -0.25) is 0 Å². The van der Waals surface area contributed by atoms with Gasteiger partial charge in [-0.2, -0.15) is 0 Å². The van der Waals surface area contributed by atoms with Gasteiger partial charge in [0.2, 0.25) is 0 Å². The molecule has 0 aromatic rings. The van der Waals surface area contributed by atoms with Crippen molar-refractivity contribution < 1.29 is 4.74 Å². The Balaban J connectivity index is 3.01. The molecule has 0 aliphatic carbocycles. The van der Waals surface area contributed by atoms with Crippen molar-refractivity contribution in [3.8, 4) is 0 Å². The summed E-state index contributed by atoms with van der Waals surface area (Å²) in [6.07, 6.45) is 47.6. The number of rotatable bonds is 35. The van der Waals surface area contributed by atoms with Crippen LogP contribution in [0.4, 0.5) is 0 Å². The molecule has 1 heteroatoms. The zero-order valence-electron chi connectivity index (χ0n) is 27.2. The molecular weight excluding hydrogens is 460 g/mol. The van der Waals surface area contributed by atoms with E-state index in [0.717, 1.165) is 13.2 Å². The lowest BCUT2D eigenvalue weighted by atomic mass is 10.0. The zero-order valence-corrected chi connectivity index (χ0v) is 27.2. The van der Waals surface area contributed by atoms with Crippen molar-refractivity contribution in [2.75, 3.05) is 13.2 Å². The molecule has 0 fully saturated rings. The van der Waals surface area contributed by atoms with Crippen LogP contribution in [-0.2, 0) is 4.74 Å². The van der Waals surface area contributed by atoms with Crippen LogP contribution >= 0.6 is 0 Å². The first-order valence-corrected chi connectivity index (χ1v) is 18.5. The van der Waals surface area contributed by atoms with Crippen LogP contribution in [0.25, 0.3) is 0 Å². The molecule has 1 nitrogen and oxygen atoms in total. The van der Waals surface area contributed by atoms with Gasteiger partial charge in [0.15, 0.2) is 0 Å². The van der Waals surface area contributed by atoms with E-state index in [2.05, 4.69) is 13.8 Å². The Bertz CT molecular complexity index is 343. The highest BCUT2D eigenvalue weighted by Crippen LogP contribution is 2.16. The Morgan fingerprint density at radius 1 is 0.211 bits per heavy atom. The Morgan fingerprint density at radius 2 is 0.368 bits per heavy atom. The number of hydrogen-bond acceptors (Lipinski definition) is 1. The van der Waals surface area contributed by atoms with Crippen LogP contribution in [0.1, 0.15) is 226 Å². The van der Waals surface area contributed by atoms with Gasteiger partial charge in [-0.1, -0.05) is 213 Å². The Kier molecular flexibility index (Phi) is 36.9. The highest BCUT2D eigenvalue weighted by Gasteiger charge is 1.97. The normalized spacial score (nSPS) is 11.5. The number of ether oxygens (including phenoxy) is 1. The van der Waals surface area contributed by atoms with E-state index in [-0.39, 0.29) is 0 Å². The number of hydrogen-bond donors (Lipinski definition) is 0. The topological polar surface area (TPSA) is 9.23 Å². The zero-order chi connectivity index (χ0) is 27.5. The lowest BCUT2D eigenvalue weighted by Gasteiger charge is -2.05. The third-order valence-electron chi connectivity index (χ3n) is 8.53. The van der Waals surface area contributed by atoms with Crippen molar-refractivity contribution in [2.45, 2.75) is 226 Å². The molecular formula is C37H76O. The van der Waals surface area contributed by atoms with Crippen molar-refractivity contribution in [3.05, 3.63) is 0 Å². The fraction of sp³-hybridized carbons (Fsp3) is 1.00. The van der Waals surface area contributed by atoms with Gasteiger partial charge < -0.3 is 4.74 Å². The maximum Gasteiger partial charge on any atom is 0.0466 e. The Morgan fingerprint density at radius 3 is 0.553 bits per heavy atom. The third kappa shape index (κ3) is 36.0. The summed E-state index contributed by atoms with van der Waals surface area (Å²) in [6.45, 7) is 6.58. The van der Waals surface area contributed by atoms with Crippen molar-refractivity contribution >= 4 is 0 Å². The molecule has 0 saturated carbocycles. The second-order valence-electron chi connectivity index (χ2n) is 12.6. The molecule has 0 amide bonds. The molecule has 0 heterocycles. The quantitative estimate of drug-likeness (QED) is 0.0732. The van der Waals surface area contributed by atoms with Gasteiger partial charge in [-0.15, -0.1) is 0 Å². The molecule has 0 saturated heterocycles. The first-order chi connectivity index (χ1) is 18.9. The Hall–Kier alpha value is -0.0400. The second kappa shape index (κ2) is 37.0. The summed E-state index contributed by atoms with van der Waals surface area (Å²) in [6, 6.07) is 0. The summed E-state index contributed by atoms with van der Waals surface area (Å²) in [5, 5.41) is 0. The highest BCUT2D eigenvalue weighted by atomic mass is 16.5. The molecule has 0 N–H and O–H groups in total. The van der Waals surface area contributed by atoms with Gasteiger partial charge in [-0.25, -0.2) is 0 Å². The standard InChI is InChI=1S/C37H76O/c1-3-5-7-9-11-12-13-14-15-16-17-18-19-20-21-22-23-24-25-26-27-28-29-31-33-35-37-38-36-34-32-30-10-8-6-4-2/h3-37H2,1-2H3. The summed E-state index contributed by atoms with van der Waals surface area (Å²) in [7, 11) is 0. The molecule has 0 spiro atoms. The van der Waals surface area contributed by atoms with Crippen molar-refractivity contribution in [1.82, 2.24) is 0 Å². The van der Waals surface area contributed by atoms with E-state index in [1.54, 1.807) is 0 Å². The maximum atomic E-state index is 5.82. The van der Waals surface area contributed by atoms with Crippen LogP contribution in [-0.4, -0.2) is 13.2 Å². The fourth-order valence-electron chi connectivity index (χ4n) is 5.78. The predicted octanol–water partition coefficient (Wildman–Crippen LogP) is 13.9. The van der Waals surface area contributed by atoms with Gasteiger partial charge in [0.05, 0.1) is 0 Å². The summed E-state index contributed by atoms with van der Waals surface area (Å²) < 4.78 is 5.82. The maximum absolute atomic E-state index is 5.82. The van der Waals surface area contributed by atoms with E-state index in [1.165, 1.54) is 212 Å². The second-order valence-corrected chi connectivity index (χ2v) is 12.6. The molecule has 38 heavy (non-hydrogen) atoms. The van der Waals surface area contributed by atoms with Crippen molar-refractivity contribution in [2.24, 2.45) is 0 Å². The lowest BCUT2D eigenvalue weighted by Crippen LogP contribution is -1.97. The summed E-state index contributed by atoms with van der Waals surface area (Å²) in [5.41, 5.74) is 0. The van der Waals surface area contributed by atoms with Gasteiger partial charge in [0.1, 0.15) is 0 Å². The third-order valence-corrected chi connectivity index (χ3v) is 8.53. The van der Waals surface area contributed by atoms with E-state index in [9.17, 15) is 0 Å². The first kappa shape index (κ1) is 38.0. The molecule has 230 valence electrons. The van der Waals surface area contributed by atoms with E-state index in [4.69, 9.17) is 4.74 Å². The fourth-order valence-corrected chi connectivity index (χ4v) is 5.78. The van der Waals surface area contributed by atoms with E-state index in [0.29, 0.717) is 0 Å². The first-order valence-electron chi connectivity index (χ1n) is 18.5. The van der Waals surface area contributed by atoms with Gasteiger partial charge in [0, 0.05) is 13.2 Å². The summed E-state index contributed by atoms with van der Waals surface area (Å²) >= 11 is 0. The van der Waals surface area contributed by atoms with E-state index in [1.807, 2.05) is 0 Å². The highest BCUT2D eigenvalue weighted by molar-refractivity contribution is 4.52. The minimum Gasteiger partial charge on any atom is -0.381 e. The van der Waals surface area contributed by atoms with Crippen LogP contribution in [0.3, 0.4) is 0 Å². The molecule has 0 rings (SSSR count). The van der Waals surface area contributed by atoms with Crippen LogP contribution in [0.5, 0.6) is 0 Å². The molecule has 0 aromatic carbocycles. The van der Waals surface area contributed by atoms with Gasteiger partial charge in [-0.05, 0) is 12.8 Å². The molecule has 0 radical (unpaired) electrons. The predicted molar refractivity (Wildman–Crippen MR) is 175 cm³/mol. The van der Waals surface area contributed by atoms with E-state index < -0.39 is 0 Å². The molecule has 0 aliphatic rings. The van der Waals surface area contributed by atoms with Crippen molar-refractivity contribution in [3.63, 3.8) is 0 Å². The van der Waals surface area contributed by atoms with Gasteiger partial charge in [0.25, 0.3) is 0 Å². The smallest absolute Gasteiger partial charge is 0.0466 e. The average molecular weight is 537 g/mol. The summed E-state index contributed by atoms with van der Waals surface area (Å²) in [5.74, 6) is 0. The van der Waals surface area contributed by atoms with Crippen LogP contribution in [0.15, 0.2) is 0 Å². The number of unbranched alkanes of at least 4 members (excludes halogenated alkanes) is 31. The van der Waals surface area contributed by atoms with Gasteiger partial charge >= 0.3 is 0 Å². The molecule has 0 atom stereocenters. The molecule has 0 aliphatic heterocycles. The largest absolute Gasteiger partial charge is 0.381 e. The Labute approximate surface area is 243 Å². The monoisotopic (exact) mass is 537 g/mol. The SMILES string of the molecule is CCCCCCCCCCCCCCCCCCCCCCCCCCCCOCCCCCCCCC. The summed E-state index contributed by atoms with van der Waals surface area (Å²) in [4.78, 5) is 0. The van der Waals surface area contributed by atoms with Crippen molar-refractivity contribution in [1.29, 1.82) is 0 Å². The average Bonchev–Trinajstić information content (AvgIpc) is 2.93. The van der Waals surface area contributed by atoms with Crippen LogP contribution < -0.4 is 0 Å². The van der Waals surface area contributed by atoms with Crippen LogP contribution in [0.2, 0.25) is 0 Å². The van der Waals surface area contributed by atoms with Crippen LogP contribution in [0, 0.1) is 0 Å². The molecule has 0 aromatic heterocycles. The molecule has 0 bridgehead atoms.